The number of carboxylic acids is 1. The number of thiocyanates is 1. The van der Waals surface area contributed by atoms with Crippen LogP contribution >= 0.6 is 11.8 Å². The zero-order valence-corrected chi connectivity index (χ0v) is 9.36. The maximum absolute atomic E-state index is 11.0. The molecule has 0 saturated carbocycles. The summed E-state index contributed by atoms with van der Waals surface area (Å²) in [5.74, 6) is 0.00893. The van der Waals surface area contributed by atoms with Gasteiger partial charge in [-0.2, -0.15) is 5.26 Å². The molecule has 1 aromatic rings. The van der Waals surface area contributed by atoms with Crippen molar-refractivity contribution in [3.8, 4) is 16.9 Å². The maximum Gasteiger partial charge on any atom is 0.336 e. The third-order valence-electron chi connectivity index (χ3n) is 2.14. The second-order valence-electron chi connectivity index (χ2n) is 3.11. The summed E-state index contributed by atoms with van der Waals surface area (Å²) in [4.78, 5) is 11.0. The van der Waals surface area contributed by atoms with Gasteiger partial charge in [0.2, 0.25) is 6.79 Å². The number of carboxylic acid groups (broad SMARTS) is 1. The highest BCUT2D eigenvalue weighted by Crippen LogP contribution is 2.34. The molecule has 0 fully saturated rings. The monoisotopic (exact) mass is 249 g/mol. The molecule has 1 aliphatic rings. The van der Waals surface area contributed by atoms with Gasteiger partial charge in [-0.25, -0.2) is 4.79 Å². The highest BCUT2D eigenvalue weighted by Gasteiger charge is 2.17. The highest BCUT2D eigenvalue weighted by molar-refractivity contribution is 8.06. The molecule has 1 heterocycles. The van der Waals surface area contributed by atoms with Gasteiger partial charge >= 0.3 is 5.97 Å². The normalized spacial score (nSPS) is 13.2. The van der Waals surface area contributed by atoms with E-state index in [0.717, 1.165) is 11.8 Å². The minimum absolute atomic E-state index is 0.0508. The number of benzene rings is 1. The fourth-order valence-electron chi connectivity index (χ4n) is 1.39. The number of thioether (sulfide) groups is 1. The molecule has 0 aromatic heterocycles. The lowest BCUT2D eigenvalue weighted by Crippen LogP contribution is -1.99. The van der Waals surface area contributed by atoms with Crippen molar-refractivity contribution >= 4 is 23.3 Å². The molecule has 2 rings (SSSR count). The molecule has 0 saturated heterocycles. The van der Waals surface area contributed by atoms with E-state index in [2.05, 4.69) is 0 Å². The number of ether oxygens (including phenoxy) is 2. The van der Waals surface area contributed by atoms with Crippen LogP contribution in [0, 0.1) is 10.7 Å². The van der Waals surface area contributed by atoms with E-state index in [0.29, 0.717) is 17.1 Å². The zero-order chi connectivity index (χ0) is 12.3. The minimum Gasteiger partial charge on any atom is -0.478 e. The number of rotatable bonds is 3. The van der Waals surface area contributed by atoms with Gasteiger partial charge in [-0.1, -0.05) is 6.07 Å². The summed E-state index contributed by atoms with van der Waals surface area (Å²) in [5, 5.41) is 20.6. The van der Waals surface area contributed by atoms with Gasteiger partial charge in [0.05, 0.1) is 5.57 Å². The van der Waals surface area contributed by atoms with Gasteiger partial charge in [0.1, 0.15) is 5.40 Å². The fraction of sp³-hybridized carbons (Fsp3) is 0.0909. The maximum atomic E-state index is 11.0. The lowest BCUT2D eigenvalue weighted by Gasteiger charge is -2.03. The van der Waals surface area contributed by atoms with Gasteiger partial charge in [0.15, 0.2) is 11.5 Å². The van der Waals surface area contributed by atoms with Crippen molar-refractivity contribution in [1.82, 2.24) is 0 Å². The number of fused-ring (bicyclic) bond motifs is 1. The van der Waals surface area contributed by atoms with Gasteiger partial charge in [-0.3, -0.25) is 0 Å². The molecular formula is C11H7NO4S. The first kappa shape index (κ1) is 11.4. The van der Waals surface area contributed by atoms with Crippen LogP contribution in [-0.4, -0.2) is 17.9 Å². The fourth-order valence-corrected chi connectivity index (χ4v) is 1.80. The molecule has 0 bridgehead atoms. The van der Waals surface area contributed by atoms with E-state index < -0.39 is 5.97 Å². The van der Waals surface area contributed by atoms with Crippen LogP contribution in [-0.2, 0) is 4.79 Å². The van der Waals surface area contributed by atoms with E-state index >= 15 is 0 Å². The Morgan fingerprint density at radius 1 is 1.47 bits per heavy atom. The molecule has 0 atom stereocenters. The molecule has 1 aliphatic heterocycles. The Morgan fingerprint density at radius 2 is 2.24 bits per heavy atom. The smallest absolute Gasteiger partial charge is 0.336 e. The summed E-state index contributed by atoms with van der Waals surface area (Å²) >= 11 is 0.763. The van der Waals surface area contributed by atoms with Crippen LogP contribution in [0.25, 0.3) is 5.57 Å². The van der Waals surface area contributed by atoms with Crippen LogP contribution in [0.4, 0.5) is 0 Å². The van der Waals surface area contributed by atoms with Crippen molar-refractivity contribution in [1.29, 1.82) is 5.26 Å². The Hall–Kier alpha value is -2.13. The van der Waals surface area contributed by atoms with E-state index in [4.69, 9.17) is 19.8 Å². The predicted octanol–water partition coefficient (Wildman–Crippen LogP) is 2.06. The number of hydrogen-bond acceptors (Lipinski definition) is 5. The predicted molar refractivity (Wildman–Crippen MR) is 61.4 cm³/mol. The molecule has 17 heavy (non-hydrogen) atoms. The Morgan fingerprint density at radius 3 is 2.94 bits per heavy atom. The van der Waals surface area contributed by atoms with Crippen LogP contribution in [0.1, 0.15) is 5.56 Å². The summed E-state index contributed by atoms with van der Waals surface area (Å²) in [7, 11) is 0. The minimum atomic E-state index is -1.09. The first-order valence-corrected chi connectivity index (χ1v) is 5.48. The van der Waals surface area contributed by atoms with Gasteiger partial charge in [-0.05, 0) is 29.5 Å². The molecule has 6 heteroatoms. The third kappa shape index (κ3) is 2.34. The number of nitriles is 1. The molecule has 86 valence electrons. The summed E-state index contributed by atoms with van der Waals surface area (Å²) < 4.78 is 10.3. The molecule has 0 unspecified atom stereocenters. The van der Waals surface area contributed by atoms with Crippen molar-refractivity contribution in [2.24, 2.45) is 0 Å². The summed E-state index contributed by atoms with van der Waals surface area (Å²) in [5.41, 5.74) is 0.527. The first-order chi connectivity index (χ1) is 8.22. The summed E-state index contributed by atoms with van der Waals surface area (Å²) in [6.45, 7) is 0.137. The Labute approximate surface area is 101 Å². The van der Waals surface area contributed by atoms with E-state index in [1.54, 1.807) is 23.6 Å². The standard InChI is InChI=1S/C11H7NO4S/c12-5-17-4-8(11(13)14)7-1-2-9-10(3-7)16-6-15-9/h1-4H,6H2,(H,13,14)/b8-4-. The number of aliphatic carboxylic acids is 1. The largest absolute Gasteiger partial charge is 0.478 e. The van der Waals surface area contributed by atoms with Crippen molar-refractivity contribution in [3.05, 3.63) is 29.2 Å². The first-order valence-electron chi connectivity index (χ1n) is 4.60. The van der Waals surface area contributed by atoms with Gasteiger partial charge in [-0.15, -0.1) is 0 Å². The second kappa shape index (κ2) is 4.80. The zero-order valence-electron chi connectivity index (χ0n) is 8.54. The quantitative estimate of drug-likeness (QED) is 0.652. The molecule has 1 N–H and O–H groups in total. The third-order valence-corrected chi connectivity index (χ3v) is 2.60. The summed E-state index contributed by atoms with van der Waals surface area (Å²) in [6, 6.07) is 4.84. The molecule has 0 aliphatic carbocycles. The lowest BCUT2D eigenvalue weighted by molar-refractivity contribution is -0.130. The number of nitrogens with zero attached hydrogens (tertiary/aromatic N) is 1. The molecule has 0 amide bonds. The van der Waals surface area contributed by atoms with Gasteiger partial charge in [0.25, 0.3) is 0 Å². The molecule has 1 aromatic carbocycles. The van der Waals surface area contributed by atoms with Gasteiger partial charge < -0.3 is 14.6 Å². The van der Waals surface area contributed by atoms with Crippen LogP contribution in [0.2, 0.25) is 0 Å². The average molecular weight is 249 g/mol. The van der Waals surface area contributed by atoms with Gasteiger partial charge in [0, 0.05) is 5.41 Å². The molecular weight excluding hydrogens is 242 g/mol. The topological polar surface area (TPSA) is 79.6 Å². The van der Waals surface area contributed by atoms with Crippen LogP contribution in [0.3, 0.4) is 0 Å². The average Bonchev–Trinajstić information content (AvgIpc) is 2.76. The highest BCUT2D eigenvalue weighted by atomic mass is 32.2. The number of carbonyl (C=O) groups is 1. The molecule has 0 spiro atoms. The molecule has 5 nitrogen and oxygen atoms in total. The number of hydrogen-bond donors (Lipinski definition) is 1. The van der Waals surface area contributed by atoms with Crippen LogP contribution < -0.4 is 9.47 Å². The Kier molecular flexibility index (Phi) is 3.21. The van der Waals surface area contributed by atoms with E-state index in [9.17, 15) is 4.79 Å². The summed E-state index contributed by atoms with van der Waals surface area (Å²) in [6.07, 6.45) is 0. The second-order valence-corrected chi connectivity index (χ2v) is 3.77. The SMILES string of the molecule is N#CS/C=C(\C(=O)O)c1ccc2c(c1)OCO2. The lowest BCUT2D eigenvalue weighted by atomic mass is 10.1. The Balaban J connectivity index is 2.38. The van der Waals surface area contributed by atoms with Crippen molar-refractivity contribution < 1.29 is 19.4 Å². The van der Waals surface area contributed by atoms with Crippen molar-refractivity contribution in [2.75, 3.05) is 6.79 Å². The van der Waals surface area contributed by atoms with Crippen LogP contribution in [0.15, 0.2) is 23.6 Å². The van der Waals surface area contributed by atoms with Crippen molar-refractivity contribution in [2.45, 2.75) is 0 Å². The Bertz CT molecular complexity index is 533. The van der Waals surface area contributed by atoms with E-state index in [-0.39, 0.29) is 12.4 Å². The van der Waals surface area contributed by atoms with Crippen molar-refractivity contribution in [3.63, 3.8) is 0 Å². The molecule has 0 radical (unpaired) electrons. The van der Waals surface area contributed by atoms with E-state index in [1.165, 1.54) is 5.41 Å². The van der Waals surface area contributed by atoms with E-state index in [1.807, 2.05) is 0 Å². The van der Waals surface area contributed by atoms with Crippen LogP contribution in [0.5, 0.6) is 11.5 Å².